The molecule has 1 rings (SSSR count). The zero-order valence-corrected chi connectivity index (χ0v) is 14.1. The Labute approximate surface area is 131 Å². The average molecular weight is 316 g/mol. The third-order valence-corrected chi connectivity index (χ3v) is 5.35. The minimum absolute atomic E-state index is 0.0811. The van der Waals surface area contributed by atoms with Crippen LogP contribution >= 0.6 is 11.8 Å². The van der Waals surface area contributed by atoms with Crippen LogP contribution < -0.4 is 11.1 Å². The summed E-state index contributed by atoms with van der Waals surface area (Å²) >= 11 is 1.51. The smallest absolute Gasteiger partial charge is 0.322 e. The van der Waals surface area contributed by atoms with Gasteiger partial charge in [-0.05, 0) is 30.4 Å². The van der Waals surface area contributed by atoms with Crippen molar-refractivity contribution in [2.45, 2.75) is 51.6 Å². The van der Waals surface area contributed by atoms with Crippen molar-refractivity contribution in [3.05, 3.63) is 0 Å². The van der Waals surface area contributed by atoms with Crippen molar-refractivity contribution >= 4 is 23.6 Å². The SMILES string of the molecule is COC(=O)C(N)CCSCC(=O)NC1CCCC(C)C1C. The van der Waals surface area contributed by atoms with Gasteiger partial charge in [0.05, 0.1) is 12.9 Å². The van der Waals surface area contributed by atoms with Crippen LogP contribution in [0.15, 0.2) is 0 Å². The number of thioether (sulfide) groups is 1. The van der Waals surface area contributed by atoms with Gasteiger partial charge in [0, 0.05) is 6.04 Å². The first-order chi connectivity index (χ1) is 9.95. The quantitative estimate of drug-likeness (QED) is 0.550. The van der Waals surface area contributed by atoms with Crippen LogP contribution in [0.1, 0.15) is 39.5 Å². The van der Waals surface area contributed by atoms with Gasteiger partial charge in [-0.15, -0.1) is 0 Å². The molecule has 1 amide bonds. The number of methoxy groups -OCH3 is 1. The highest BCUT2D eigenvalue weighted by Crippen LogP contribution is 2.29. The molecule has 122 valence electrons. The zero-order chi connectivity index (χ0) is 15.8. The molecule has 0 aromatic rings. The van der Waals surface area contributed by atoms with E-state index in [1.807, 2.05) is 0 Å². The number of hydrogen-bond acceptors (Lipinski definition) is 5. The molecule has 1 aliphatic carbocycles. The number of esters is 1. The normalized spacial score (nSPS) is 27.0. The molecule has 6 heteroatoms. The summed E-state index contributed by atoms with van der Waals surface area (Å²) in [6.45, 7) is 4.48. The molecule has 1 fully saturated rings. The molecule has 0 saturated heterocycles. The summed E-state index contributed by atoms with van der Waals surface area (Å²) in [5.41, 5.74) is 5.64. The first-order valence-corrected chi connectivity index (χ1v) is 8.81. The summed E-state index contributed by atoms with van der Waals surface area (Å²) in [7, 11) is 1.33. The van der Waals surface area contributed by atoms with Crippen LogP contribution in [0.4, 0.5) is 0 Å². The van der Waals surface area contributed by atoms with Gasteiger partial charge >= 0.3 is 5.97 Å². The number of ether oxygens (including phenoxy) is 1. The molecule has 5 nitrogen and oxygen atoms in total. The van der Waals surface area contributed by atoms with Crippen LogP contribution in [0.25, 0.3) is 0 Å². The summed E-state index contributed by atoms with van der Waals surface area (Å²) in [5.74, 6) is 2.00. The van der Waals surface area contributed by atoms with Gasteiger partial charge in [0.25, 0.3) is 0 Å². The zero-order valence-electron chi connectivity index (χ0n) is 13.3. The van der Waals surface area contributed by atoms with E-state index in [-0.39, 0.29) is 5.91 Å². The maximum absolute atomic E-state index is 11.9. The Kier molecular flexibility index (Phi) is 8.11. The topological polar surface area (TPSA) is 81.4 Å². The standard InChI is InChI=1S/C15H28N2O3S/c1-10-5-4-6-13(11(10)2)17-14(18)9-21-8-7-12(16)15(19)20-3/h10-13H,4-9,16H2,1-3H3,(H,17,18). The third-order valence-electron chi connectivity index (χ3n) is 4.36. The van der Waals surface area contributed by atoms with Crippen LogP contribution in [0.5, 0.6) is 0 Å². The number of carbonyl (C=O) groups is 2. The van der Waals surface area contributed by atoms with Gasteiger partial charge in [0.1, 0.15) is 6.04 Å². The summed E-state index contributed by atoms with van der Waals surface area (Å²) < 4.78 is 4.56. The lowest BCUT2D eigenvalue weighted by atomic mass is 9.78. The van der Waals surface area contributed by atoms with E-state index in [9.17, 15) is 9.59 Å². The van der Waals surface area contributed by atoms with Crippen molar-refractivity contribution in [2.24, 2.45) is 17.6 Å². The van der Waals surface area contributed by atoms with E-state index in [4.69, 9.17) is 5.73 Å². The Morgan fingerprint density at radius 1 is 1.38 bits per heavy atom. The molecule has 0 heterocycles. The number of rotatable bonds is 7. The van der Waals surface area contributed by atoms with Gasteiger partial charge in [-0.3, -0.25) is 9.59 Å². The van der Waals surface area contributed by atoms with Gasteiger partial charge in [-0.2, -0.15) is 11.8 Å². The molecule has 1 aliphatic rings. The van der Waals surface area contributed by atoms with E-state index < -0.39 is 12.0 Å². The number of carbonyl (C=O) groups excluding carboxylic acids is 2. The summed E-state index contributed by atoms with van der Waals surface area (Å²) in [4.78, 5) is 23.1. The molecule has 1 saturated carbocycles. The van der Waals surface area contributed by atoms with Crippen LogP contribution in [0, 0.1) is 11.8 Å². The fourth-order valence-electron chi connectivity index (χ4n) is 2.68. The first kappa shape index (κ1) is 18.3. The minimum atomic E-state index is -0.593. The monoisotopic (exact) mass is 316 g/mol. The molecule has 0 bridgehead atoms. The molecule has 21 heavy (non-hydrogen) atoms. The fourth-order valence-corrected chi connectivity index (χ4v) is 3.51. The Balaban J connectivity index is 2.18. The Hall–Kier alpha value is -0.750. The molecular formula is C15H28N2O3S. The second-order valence-electron chi connectivity index (χ2n) is 5.91. The van der Waals surface area contributed by atoms with Crippen molar-refractivity contribution in [2.75, 3.05) is 18.6 Å². The lowest BCUT2D eigenvalue weighted by Gasteiger charge is -2.34. The van der Waals surface area contributed by atoms with E-state index in [2.05, 4.69) is 23.9 Å². The van der Waals surface area contributed by atoms with Gasteiger partial charge in [0.2, 0.25) is 5.91 Å². The highest BCUT2D eigenvalue weighted by molar-refractivity contribution is 7.99. The summed E-state index contributed by atoms with van der Waals surface area (Å²) in [6, 6.07) is -0.288. The second-order valence-corrected chi connectivity index (χ2v) is 7.02. The molecule has 0 aromatic carbocycles. The summed E-state index contributed by atoms with van der Waals surface area (Å²) in [5, 5.41) is 3.14. The van der Waals surface area contributed by atoms with Crippen molar-refractivity contribution in [1.82, 2.24) is 5.32 Å². The van der Waals surface area contributed by atoms with Crippen molar-refractivity contribution in [3.63, 3.8) is 0 Å². The molecular weight excluding hydrogens is 288 g/mol. The van der Waals surface area contributed by atoms with E-state index in [1.165, 1.54) is 31.7 Å². The number of hydrogen-bond donors (Lipinski definition) is 2. The number of amides is 1. The van der Waals surface area contributed by atoms with Gasteiger partial charge in [-0.1, -0.05) is 26.7 Å². The lowest BCUT2D eigenvalue weighted by molar-refractivity contribution is -0.142. The van der Waals surface area contributed by atoms with Crippen LogP contribution in [0.3, 0.4) is 0 Å². The van der Waals surface area contributed by atoms with E-state index >= 15 is 0 Å². The third kappa shape index (κ3) is 6.26. The van der Waals surface area contributed by atoms with Gasteiger partial charge in [0.15, 0.2) is 0 Å². The lowest BCUT2D eigenvalue weighted by Crippen LogP contribution is -2.44. The van der Waals surface area contributed by atoms with Crippen LogP contribution in [-0.4, -0.2) is 42.6 Å². The Morgan fingerprint density at radius 2 is 2.10 bits per heavy atom. The summed E-state index contributed by atoms with van der Waals surface area (Å²) in [6.07, 6.45) is 4.06. The number of nitrogens with two attached hydrogens (primary N) is 1. The van der Waals surface area contributed by atoms with Crippen LogP contribution in [-0.2, 0) is 14.3 Å². The first-order valence-electron chi connectivity index (χ1n) is 7.66. The fraction of sp³-hybridized carbons (Fsp3) is 0.867. The average Bonchev–Trinajstić information content (AvgIpc) is 2.47. The van der Waals surface area contributed by atoms with E-state index in [0.29, 0.717) is 35.8 Å². The highest BCUT2D eigenvalue weighted by Gasteiger charge is 2.27. The predicted molar refractivity (Wildman–Crippen MR) is 86.0 cm³/mol. The predicted octanol–water partition coefficient (Wildman–Crippen LogP) is 1.55. The molecule has 3 N–H and O–H groups in total. The van der Waals surface area contributed by atoms with Gasteiger partial charge < -0.3 is 15.8 Å². The molecule has 4 atom stereocenters. The van der Waals surface area contributed by atoms with Crippen molar-refractivity contribution in [3.8, 4) is 0 Å². The second kappa shape index (κ2) is 9.30. The van der Waals surface area contributed by atoms with E-state index in [0.717, 1.165) is 6.42 Å². The molecule has 0 aliphatic heterocycles. The Bertz CT molecular complexity index is 352. The molecule has 0 spiro atoms. The molecule has 0 aromatic heterocycles. The number of nitrogens with one attached hydrogen (secondary N) is 1. The molecule has 4 unspecified atom stereocenters. The maximum Gasteiger partial charge on any atom is 0.322 e. The maximum atomic E-state index is 11.9. The van der Waals surface area contributed by atoms with Crippen molar-refractivity contribution < 1.29 is 14.3 Å². The highest BCUT2D eigenvalue weighted by atomic mass is 32.2. The van der Waals surface area contributed by atoms with Crippen LogP contribution in [0.2, 0.25) is 0 Å². The van der Waals surface area contributed by atoms with Crippen molar-refractivity contribution in [1.29, 1.82) is 0 Å². The Morgan fingerprint density at radius 3 is 2.76 bits per heavy atom. The molecule has 0 radical (unpaired) electrons. The minimum Gasteiger partial charge on any atom is -0.468 e. The van der Waals surface area contributed by atoms with E-state index in [1.54, 1.807) is 0 Å². The largest absolute Gasteiger partial charge is 0.468 e. The van der Waals surface area contributed by atoms with Gasteiger partial charge in [-0.25, -0.2) is 0 Å².